The molecule has 0 spiro atoms. The van der Waals surface area contributed by atoms with Crippen LogP contribution in [0.4, 0.5) is 0 Å². The lowest BCUT2D eigenvalue weighted by molar-refractivity contribution is 0.591. The van der Waals surface area contributed by atoms with Crippen LogP contribution in [0.1, 0.15) is 30.9 Å². The van der Waals surface area contributed by atoms with Crippen LogP contribution in [0.15, 0.2) is 18.2 Å². The summed E-state index contributed by atoms with van der Waals surface area (Å²) < 4.78 is 0. The Morgan fingerprint density at radius 1 is 1.12 bits per heavy atom. The largest absolute Gasteiger partial charge is 0.317 e. The van der Waals surface area contributed by atoms with E-state index in [9.17, 15) is 0 Å². The highest BCUT2D eigenvalue weighted by molar-refractivity contribution is 6.30. The van der Waals surface area contributed by atoms with E-state index in [-0.39, 0.29) is 0 Å². The normalized spacial score (nSPS) is 10.8. The van der Waals surface area contributed by atoms with Gasteiger partial charge in [-0.25, -0.2) is 0 Å². The molecule has 2 N–H and O–H groups in total. The molecule has 0 bridgehead atoms. The Hall–Kier alpha value is -0.570. The van der Waals surface area contributed by atoms with Crippen LogP contribution in [-0.2, 0) is 6.54 Å². The maximum Gasteiger partial charge on any atom is 0.0408 e. The first kappa shape index (κ1) is 14.5. The molecule has 0 heterocycles. The quantitative estimate of drug-likeness (QED) is 0.697. The summed E-state index contributed by atoms with van der Waals surface area (Å²) in [6, 6.07) is 6.07. The molecule has 17 heavy (non-hydrogen) atoms. The number of nitrogens with one attached hydrogen (secondary N) is 2. The Bertz CT molecular complexity index is 326. The van der Waals surface area contributed by atoms with Gasteiger partial charge in [-0.05, 0) is 62.7 Å². The summed E-state index contributed by atoms with van der Waals surface area (Å²) in [5, 5.41) is 7.67. The monoisotopic (exact) mass is 254 g/mol. The molecule has 0 atom stereocenters. The number of rotatable bonds is 8. The minimum atomic E-state index is 0.815. The van der Waals surface area contributed by atoms with Crippen molar-refractivity contribution in [1.29, 1.82) is 0 Å². The van der Waals surface area contributed by atoms with Crippen LogP contribution in [0.2, 0.25) is 5.02 Å². The van der Waals surface area contributed by atoms with Gasteiger partial charge in [0.1, 0.15) is 0 Å². The van der Waals surface area contributed by atoms with Crippen molar-refractivity contribution in [2.45, 2.75) is 33.2 Å². The molecular weight excluding hydrogens is 232 g/mol. The summed E-state index contributed by atoms with van der Waals surface area (Å²) in [6.45, 7) is 8.49. The van der Waals surface area contributed by atoms with Crippen LogP contribution in [-0.4, -0.2) is 19.6 Å². The lowest BCUT2D eigenvalue weighted by Crippen LogP contribution is -2.22. The summed E-state index contributed by atoms with van der Waals surface area (Å²) in [7, 11) is 0. The highest BCUT2D eigenvalue weighted by atomic mass is 35.5. The summed E-state index contributed by atoms with van der Waals surface area (Å²) in [5.41, 5.74) is 2.59. The van der Waals surface area contributed by atoms with Crippen LogP contribution < -0.4 is 10.6 Å². The molecule has 0 aromatic heterocycles. The summed E-state index contributed by atoms with van der Waals surface area (Å²) in [6.07, 6.45) is 2.38. The van der Waals surface area contributed by atoms with E-state index in [0.717, 1.165) is 31.2 Å². The predicted molar refractivity (Wildman–Crippen MR) is 75.7 cm³/mol. The Balaban J connectivity index is 2.14. The minimum Gasteiger partial charge on any atom is -0.317 e. The van der Waals surface area contributed by atoms with Gasteiger partial charge in [0.2, 0.25) is 0 Å². The van der Waals surface area contributed by atoms with E-state index in [1.165, 1.54) is 24.0 Å². The van der Waals surface area contributed by atoms with Crippen LogP contribution in [0.5, 0.6) is 0 Å². The maximum atomic E-state index is 5.92. The van der Waals surface area contributed by atoms with Crippen molar-refractivity contribution in [2.75, 3.05) is 19.6 Å². The number of benzene rings is 1. The summed E-state index contributed by atoms with van der Waals surface area (Å²) >= 11 is 5.92. The Labute approximate surface area is 110 Å². The summed E-state index contributed by atoms with van der Waals surface area (Å²) in [5.74, 6) is 0. The van der Waals surface area contributed by atoms with Crippen molar-refractivity contribution in [3.05, 3.63) is 34.3 Å². The average molecular weight is 255 g/mol. The molecule has 0 amide bonds. The molecule has 1 aromatic rings. The second-order valence-corrected chi connectivity index (χ2v) is 4.79. The number of aryl methyl sites for hydroxylation is 1. The highest BCUT2D eigenvalue weighted by Crippen LogP contribution is 2.14. The first-order valence-corrected chi connectivity index (χ1v) is 6.78. The third-order valence-electron chi connectivity index (χ3n) is 2.75. The number of halogens is 1. The highest BCUT2D eigenvalue weighted by Gasteiger charge is 1.98. The van der Waals surface area contributed by atoms with Crippen molar-refractivity contribution in [3.8, 4) is 0 Å². The second kappa shape index (κ2) is 8.51. The molecular formula is C14H23ClN2. The topological polar surface area (TPSA) is 24.1 Å². The van der Waals surface area contributed by atoms with Gasteiger partial charge in [-0.15, -0.1) is 0 Å². The van der Waals surface area contributed by atoms with Crippen molar-refractivity contribution in [3.63, 3.8) is 0 Å². The van der Waals surface area contributed by atoms with E-state index < -0.39 is 0 Å². The zero-order valence-corrected chi connectivity index (χ0v) is 11.6. The van der Waals surface area contributed by atoms with Gasteiger partial charge in [-0.2, -0.15) is 0 Å². The molecule has 0 unspecified atom stereocenters. The molecule has 96 valence electrons. The molecule has 0 aliphatic rings. The Morgan fingerprint density at radius 2 is 1.88 bits per heavy atom. The maximum absolute atomic E-state index is 5.92. The molecule has 1 rings (SSSR count). The van der Waals surface area contributed by atoms with Gasteiger partial charge >= 0.3 is 0 Å². The van der Waals surface area contributed by atoms with Crippen molar-refractivity contribution >= 4 is 11.6 Å². The fraction of sp³-hybridized carbons (Fsp3) is 0.571. The van der Waals surface area contributed by atoms with Crippen LogP contribution in [0.3, 0.4) is 0 Å². The third-order valence-corrected chi connectivity index (χ3v) is 2.99. The van der Waals surface area contributed by atoms with Gasteiger partial charge in [-0.3, -0.25) is 0 Å². The number of hydrogen-bond acceptors (Lipinski definition) is 2. The zero-order valence-electron chi connectivity index (χ0n) is 10.9. The average Bonchev–Trinajstić information content (AvgIpc) is 2.30. The molecule has 0 fully saturated rings. The first-order valence-electron chi connectivity index (χ1n) is 6.40. The predicted octanol–water partition coefficient (Wildman–Crippen LogP) is 3.13. The van der Waals surface area contributed by atoms with Gasteiger partial charge in [0.25, 0.3) is 0 Å². The lowest BCUT2D eigenvalue weighted by Gasteiger charge is -2.08. The molecule has 0 aliphatic carbocycles. The van der Waals surface area contributed by atoms with Gasteiger partial charge in [-0.1, -0.05) is 24.6 Å². The SMILES string of the molecule is CCCNCCCNCc1ccc(Cl)cc1C. The fourth-order valence-corrected chi connectivity index (χ4v) is 1.95. The fourth-order valence-electron chi connectivity index (χ4n) is 1.72. The summed E-state index contributed by atoms with van der Waals surface area (Å²) in [4.78, 5) is 0. The van der Waals surface area contributed by atoms with Gasteiger partial charge in [0.15, 0.2) is 0 Å². The van der Waals surface area contributed by atoms with Gasteiger partial charge < -0.3 is 10.6 Å². The van der Waals surface area contributed by atoms with E-state index >= 15 is 0 Å². The molecule has 1 aromatic carbocycles. The molecule has 0 aliphatic heterocycles. The van der Waals surface area contributed by atoms with Crippen LogP contribution in [0.25, 0.3) is 0 Å². The van der Waals surface area contributed by atoms with Crippen LogP contribution >= 0.6 is 11.6 Å². The van der Waals surface area contributed by atoms with E-state index in [1.54, 1.807) is 0 Å². The number of hydrogen-bond donors (Lipinski definition) is 2. The lowest BCUT2D eigenvalue weighted by atomic mass is 10.1. The van der Waals surface area contributed by atoms with Crippen molar-refractivity contribution in [1.82, 2.24) is 10.6 Å². The smallest absolute Gasteiger partial charge is 0.0408 e. The Morgan fingerprint density at radius 3 is 2.59 bits per heavy atom. The van der Waals surface area contributed by atoms with Crippen molar-refractivity contribution < 1.29 is 0 Å². The van der Waals surface area contributed by atoms with Gasteiger partial charge in [0, 0.05) is 11.6 Å². The molecule has 0 radical (unpaired) electrons. The van der Waals surface area contributed by atoms with E-state index in [4.69, 9.17) is 11.6 Å². The van der Waals surface area contributed by atoms with E-state index in [1.807, 2.05) is 12.1 Å². The second-order valence-electron chi connectivity index (χ2n) is 4.35. The Kier molecular flexibility index (Phi) is 7.25. The first-order chi connectivity index (χ1) is 8.24. The van der Waals surface area contributed by atoms with E-state index in [2.05, 4.69) is 30.5 Å². The molecule has 3 heteroatoms. The van der Waals surface area contributed by atoms with Gasteiger partial charge in [0.05, 0.1) is 0 Å². The van der Waals surface area contributed by atoms with Crippen LogP contribution in [0, 0.1) is 6.92 Å². The molecule has 2 nitrogen and oxygen atoms in total. The van der Waals surface area contributed by atoms with Crippen molar-refractivity contribution in [2.24, 2.45) is 0 Å². The molecule has 0 saturated carbocycles. The molecule has 0 saturated heterocycles. The zero-order chi connectivity index (χ0) is 12.5. The standard InChI is InChI=1S/C14H23ClN2/c1-3-7-16-8-4-9-17-11-13-5-6-14(15)10-12(13)2/h5-6,10,16-17H,3-4,7-9,11H2,1-2H3. The third kappa shape index (κ3) is 6.06. The van der Waals surface area contributed by atoms with E-state index in [0.29, 0.717) is 0 Å². The minimum absolute atomic E-state index is 0.815.